The first kappa shape index (κ1) is 36.0. The molecule has 0 saturated heterocycles. The topological polar surface area (TPSA) is 108 Å². The molecule has 40 heavy (non-hydrogen) atoms. The molecule has 0 spiro atoms. The molecule has 0 aliphatic rings. The van der Waals surface area contributed by atoms with Crippen LogP contribution in [0.2, 0.25) is 5.02 Å². The van der Waals surface area contributed by atoms with Crippen molar-refractivity contribution in [3.63, 3.8) is 0 Å². The van der Waals surface area contributed by atoms with Gasteiger partial charge in [-0.15, -0.1) is 6.58 Å². The fraction of sp³-hybridized carbons (Fsp3) is 0.323. The number of allylic oxidation sites excluding steroid dienone is 3. The minimum absolute atomic E-state index is 0.0432. The van der Waals surface area contributed by atoms with Crippen LogP contribution in [0.15, 0.2) is 85.2 Å². The lowest BCUT2D eigenvalue weighted by Crippen LogP contribution is -2.42. The normalized spacial score (nSPS) is 10.0. The van der Waals surface area contributed by atoms with E-state index < -0.39 is 24.4 Å². The zero-order valence-electron chi connectivity index (χ0n) is 24.1. The maximum atomic E-state index is 13.0. The summed E-state index contributed by atoms with van der Waals surface area (Å²) in [6, 6.07) is 14.5. The molecule has 0 aliphatic heterocycles. The molecule has 0 aromatic heterocycles. The van der Waals surface area contributed by atoms with Crippen molar-refractivity contribution in [1.29, 1.82) is 0 Å². The Labute approximate surface area is 243 Å². The number of ether oxygens (including phenoxy) is 1. The number of carbonyl (C=O) groups is 3. The van der Waals surface area contributed by atoms with Crippen LogP contribution in [0.3, 0.4) is 0 Å². The number of nitrogens with zero attached hydrogens (tertiary/aromatic N) is 1. The zero-order chi connectivity index (χ0) is 30.5. The van der Waals surface area contributed by atoms with Crippen LogP contribution in [0.5, 0.6) is 5.75 Å². The van der Waals surface area contributed by atoms with Crippen LogP contribution in [-0.2, 0) is 27.3 Å². The van der Waals surface area contributed by atoms with Crippen LogP contribution in [0.4, 0.5) is 0 Å². The van der Waals surface area contributed by atoms with Crippen molar-refractivity contribution in [1.82, 2.24) is 15.5 Å². The summed E-state index contributed by atoms with van der Waals surface area (Å²) in [5.74, 6) is -1.65. The van der Waals surface area contributed by atoms with Crippen LogP contribution in [0.25, 0.3) is 0 Å². The summed E-state index contributed by atoms with van der Waals surface area (Å²) < 4.78 is 5.26. The summed E-state index contributed by atoms with van der Waals surface area (Å²) in [6.07, 6.45) is 4.21. The van der Waals surface area contributed by atoms with Gasteiger partial charge in [0.05, 0.1) is 5.70 Å². The average Bonchev–Trinajstić information content (AvgIpc) is 2.95. The molecule has 0 atom stereocenters. The Balaban J connectivity index is 0.00000284. The lowest BCUT2D eigenvalue weighted by Gasteiger charge is -2.24. The van der Waals surface area contributed by atoms with Crippen molar-refractivity contribution in [3.05, 3.63) is 101 Å². The fourth-order valence-electron chi connectivity index (χ4n) is 3.11. The largest absolute Gasteiger partial charge is 0.482 e. The van der Waals surface area contributed by atoms with Gasteiger partial charge in [-0.2, -0.15) is 0 Å². The SMILES string of the molecule is C=C(NCCc1ccccc1)C(=O)N(CC(=O)NCc1cc(Cl)ccc1OCC(=O)O)/C(C)=C\C.C=CC.CC. The lowest BCUT2D eigenvalue weighted by atomic mass is 10.1. The van der Waals surface area contributed by atoms with Gasteiger partial charge in [0.2, 0.25) is 5.91 Å². The third-order valence-electron chi connectivity index (χ3n) is 5.09. The average molecular weight is 572 g/mol. The standard InChI is InChI=1S/C26H30ClN3O5.C3H6.C2H6/c1-4-18(2)30(26(34)19(3)28-13-12-20-8-6-5-7-9-20)16-24(31)29-15-21-14-22(27)10-11-23(21)35-17-25(32)33;1-3-2;1-2/h4-11,14,28H,3,12-13,15-17H2,1-2H3,(H,29,31)(H,32,33);3H,1H2,2H3;1-2H3/b18-4-;;. The molecular formula is C31H42ClN3O5. The number of carbonyl (C=O) groups excluding carboxylic acids is 2. The minimum Gasteiger partial charge on any atom is -0.482 e. The summed E-state index contributed by atoms with van der Waals surface area (Å²) in [7, 11) is 0. The van der Waals surface area contributed by atoms with Crippen molar-refractivity contribution in [3.8, 4) is 5.75 Å². The van der Waals surface area contributed by atoms with Gasteiger partial charge in [0.1, 0.15) is 12.3 Å². The molecule has 0 fully saturated rings. The summed E-state index contributed by atoms with van der Waals surface area (Å²) in [5.41, 5.74) is 2.44. The van der Waals surface area contributed by atoms with Crippen molar-refractivity contribution in [2.75, 3.05) is 19.7 Å². The van der Waals surface area contributed by atoms with Gasteiger partial charge in [-0.3, -0.25) is 9.59 Å². The molecule has 0 saturated carbocycles. The van der Waals surface area contributed by atoms with Gasteiger partial charge in [0, 0.05) is 29.4 Å². The van der Waals surface area contributed by atoms with Crippen LogP contribution in [0, 0.1) is 0 Å². The molecule has 9 heteroatoms. The number of aliphatic carboxylic acids is 1. The van der Waals surface area contributed by atoms with E-state index in [-0.39, 0.29) is 18.8 Å². The van der Waals surface area contributed by atoms with Gasteiger partial charge in [-0.25, -0.2) is 4.79 Å². The van der Waals surface area contributed by atoms with E-state index in [1.807, 2.05) is 51.1 Å². The molecule has 218 valence electrons. The van der Waals surface area contributed by atoms with Gasteiger partial charge >= 0.3 is 5.97 Å². The van der Waals surface area contributed by atoms with E-state index in [2.05, 4.69) is 23.8 Å². The second kappa shape index (κ2) is 20.9. The van der Waals surface area contributed by atoms with Gasteiger partial charge < -0.3 is 25.4 Å². The lowest BCUT2D eigenvalue weighted by molar-refractivity contribution is -0.139. The fourth-order valence-corrected chi connectivity index (χ4v) is 3.31. The molecule has 0 radical (unpaired) electrons. The summed E-state index contributed by atoms with van der Waals surface area (Å²) in [6.45, 7) is 16.4. The number of benzene rings is 2. The number of hydrogen-bond acceptors (Lipinski definition) is 5. The second-order valence-electron chi connectivity index (χ2n) is 8.08. The highest BCUT2D eigenvalue weighted by Crippen LogP contribution is 2.23. The summed E-state index contributed by atoms with van der Waals surface area (Å²) in [4.78, 5) is 37.8. The first-order chi connectivity index (χ1) is 19.1. The van der Waals surface area contributed by atoms with E-state index in [1.54, 1.807) is 38.1 Å². The van der Waals surface area contributed by atoms with Crippen molar-refractivity contribution in [2.45, 2.75) is 47.6 Å². The Morgan fingerprint density at radius 1 is 1.07 bits per heavy atom. The van der Waals surface area contributed by atoms with Crippen molar-refractivity contribution >= 4 is 29.4 Å². The van der Waals surface area contributed by atoms with Crippen LogP contribution < -0.4 is 15.4 Å². The predicted octanol–water partition coefficient (Wildman–Crippen LogP) is 5.74. The smallest absolute Gasteiger partial charge is 0.341 e. The first-order valence-electron chi connectivity index (χ1n) is 13.0. The summed E-state index contributed by atoms with van der Waals surface area (Å²) >= 11 is 6.04. The predicted molar refractivity (Wildman–Crippen MR) is 162 cm³/mol. The number of carboxylic acids is 1. The highest BCUT2D eigenvalue weighted by atomic mass is 35.5. The van der Waals surface area contributed by atoms with E-state index >= 15 is 0 Å². The number of nitrogens with one attached hydrogen (secondary N) is 2. The monoisotopic (exact) mass is 571 g/mol. The highest BCUT2D eigenvalue weighted by molar-refractivity contribution is 6.30. The Morgan fingerprint density at radius 3 is 2.27 bits per heavy atom. The molecular weight excluding hydrogens is 530 g/mol. The third-order valence-corrected chi connectivity index (χ3v) is 5.33. The van der Waals surface area contributed by atoms with E-state index in [4.69, 9.17) is 21.4 Å². The first-order valence-corrected chi connectivity index (χ1v) is 13.4. The highest BCUT2D eigenvalue weighted by Gasteiger charge is 2.21. The van der Waals surface area contributed by atoms with E-state index in [9.17, 15) is 14.4 Å². The quantitative estimate of drug-likeness (QED) is 0.209. The molecule has 2 aromatic carbocycles. The van der Waals surface area contributed by atoms with E-state index in [0.29, 0.717) is 28.6 Å². The van der Waals surface area contributed by atoms with Crippen LogP contribution in [0.1, 0.15) is 45.7 Å². The number of rotatable bonds is 13. The number of hydrogen-bond donors (Lipinski definition) is 3. The third kappa shape index (κ3) is 14.2. The number of halogens is 1. The molecule has 3 N–H and O–H groups in total. The maximum absolute atomic E-state index is 13.0. The van der Waals surface area contributed by atoms with E-state index in [1.165, 1.54) is 11.0 Å². The Bertz CT molecular complexity index is 1130. The molecule has 2 rings (SSSR count). The van der Waals surface area contributed by atoms with Gasteiger partial charge in [0.15, 0.2) is 6.61 Å². The van der Waals surface area contributed by atoms with Crippen molar-refractivity contribution in [2.24, 2.45) is 0 Å². The van der Waals surface area contributed by atoms with Crippen LogP contribution >= 0.6 is 11.6 Å². The number of carboxylic acid groups (broad SMARTS) is 1. The molecule has 2 amide bonds. The molecule has 0 aliphatic carbocycles. The van der Waals surface area contributed by atoms with Gasteiger partial charge in [-0.1, -0.05) is 74.5 Å². The van der Waals surface area contributed by atoms with Gasteiger partial charge in [0.25, 0.3) is 5.91 Å². The Morgan fingerprint density at radius 2 is 1.70 bits per heavy atom. The molecule has 2 aromatic rings. The summed E-state index contributed by atoms with van der Waals surface area (Å²) in [5, 5.41) is 15.0. The zero-order valence-corrected chi connectivity index (χ0v) is 24.9. The Hall–Kier alpha value is -4.04. The minimum atomic E-state index is -1.12. The molecule has 0 heterocycles. The number of amides is 2. The van der Waals surface area contributed by atoms with Crippen LogP contribution in [-0.4, -0.2) is 47.5 Å². The van der Waals surface area contributed by atoms with Gasteiger partial charge in [-0.05, 0) is 51.0 Å². The molecule has 8 nitrogen and oxygen atoms in total. The maximum Gasteiger partial charge on any atom is 0.341 e. The van der Waals surface area contributed by atoms with E-state index in [0.717, 1.165) is 12.0 Å². The Kier molecular flexibility index (Phi) is 18.8. The molecule has 0 unspecified atom stereocenters. The van der Waals surface area contributed by atoms with Crippen molar-refractivity contribution < 1.29 is 24.2 Å². The molecule has 0 bridgehead atoms. The second-order valence-corrected chi connectivity index (χ2v) is 8.52.